The second-order valence-corrected chi connectivity index (χ2v) is 4.97. The van der Waals surface area contributed by atoms with Crippen LogP contribution < -0.4 is 10.6 Å². The molecule has 0 bridgehead atoms. The molecule has 1 aliphatic rings. The molecule has 0 saturated carbocycles. The number of hydrogen-bond acceptors (Lipinski definition) is 4. The fourth-order valence-electron chi connectivity index (χ4n) is 2.41. The fraction of sp³-hybridized carbons (Fsp3) is 0.571. The Kier molecular flexibility index (Phi) is 7.51. The molecular weight excluding hydrogens is 276 g/mol. The van der Waals surface area contributed by atoms with Gasteiger partial charge in [-0.05, 0) is 38.6 Å². The van der Waals surface area contributed by atoms with E-state index >= 15 is 0 Å². The summed E-state index contributed by atoms with van der Waals surface area (Å²) in [5, 5.41) is 6.17. The van der Waals surface area contributed by atoms with E-state index in [0.29, 0.717) is 12.5 Å². The Hall–Kier alpha value is -1.17. The predicted molar refractivity (Wildman–Crippen MR) is 83.3 cm³/mol. The second-order valence-electron chi connectivity index (χ2n) is 4.97. The first kappa shape index (κ1) is 16.9. The molecule has 5 nitrogen and oxygen atoms in total. The molecule has 6 heteroatoms. The smallest absolute Gasteiger partial charge is 0.225 e. The van der Waals surface area contributed by atoms with E-state index < -0.39 is 0 Å². The van der Waals surface area contributed by atoms with Crippen LogP contribution in [0.2, 0.25) is 0 Å². The minimum absolute atomic E-state index is 0. The van der Waals surface area contributed by atoms with Gasteiger partial charge in [0.05, 0.1) is 11.9 Å². The minimum Gasteiger partial charge on any atom is -0.325 e. The van der Waals surface area contributed by atoms with Crippen molar-refractivity contribution in [3.8, 4) is 0 Å². The molecule has 1 amide bonds. The Bertz CT molecular complexity index is 401. The molecule has 112 valence electrons. The fourth-order valence-corrected chi connectivity index (χ4v) is 2.41. The summed E-state index contributed by atoms with van der Waals surface area (Å²) >= 11 is 0. The van der Waals surface area contributed by atoms with Crippen molar-refractivity contribution in [2.24, 2.45) is 0 Å². The highest BCUT2D eigenvalue weighted by Gasteiger charge is 2.18. The average Bonchev–Trinajstić information content (AvgIpc) is 2.46. The number of piperidine rings is 1. The van der Waals surface area contributed by atoms with Crippen LogP contribution in [0.15, 0.2) is 24.5 Å². The Labute approximate surface area is 126 Å². The van der Waals surface area contributed by atoms with Crippen molar-refractivity contribution < 1.29 is 4.79 Å². The summed E-state index contributed by atoms with van der Waals surface area (Å²) < 4.78 is 0. The lowest BCUT2D eigenvalue weighted by molar-refractivity contribution is -0.116. The van der Waals surface area contributed by atoms with E-state index in [9.17, 15) is 4.79 Å². The lowest BCUT2D eigenvalue weighted by atomic mass is 10.1. The number of likely N-dealkylation sites (N-methyl/N-ethyl adjacent to an activating group) is 1. The maximum atomic E-state index is 11.8. The van der Waals surface area contributed by atoms with Crippen LogP contribution in [0.5, 0.6) is 0 Å². The van der Waals surface area contributed by atoms with E-state index in [2.05, 4.69) is 20.5 Å². The van der Waals surface area contributed by atoms with Gasteiger partial charge in [0.25, 0.3) is 0 Å². The van der Waals surface area contributed by atoms with Crippen molar-refractivity contribution in [2.75, 3.05) is 32.0 Å². The largest absolute Gasteiger partial charge is 0.325 e. The number of likely N-dealkylation sites (tertiary alicyclic amines) is 1. The number of carbonyl (C=O) groups excluding carboxylic acids is 1. The molecule has 20 heavy (non-hydrogen) atoms. The highest BCUT2D eigenvalue weighted by molar-refractivity contribution is 5.90. The van der Waals surface area contributed by atoms with Gasteiger partial charge in [0.15, 0.2) is 0 Å². The maximum absolute atomic E-state index is 11.8. The van der Waals surface area contributed by atoms with Crippen molar-refractivity contribution in [1.82, 2.24) is 15.2 Å². The van der Waals surface area contributed by atoms with Gasteiger partial charge < -0.3 is 15.5 Å². The van der Waals surface area contributed by atoms with Crippen LogP contribution in [0.3, 0.4) is 0 Å². The van der Waals surface area contributed by atoms with Gasteiger partial charge in [0, 0.05) is 31.7 Å². The first-order valence-corrected chi connectivity index (χ1v) is 6.87. The van der Waals surface area contributed by atoms with Gasteiger partial charge in [-0.1, -0.05) is 0 Å². The van der Waals surface area contributed by atoms with Crippen LogP contribution >= 0.6 is 12.4 Å². The summed E-state index contributed by atoms with van der Waals surface area (Å²) in [6, 6.07) is 4.23. The number of nitrogens with one attached hydrogen (secondary N) is 2. The van der Waals surface area contributed by atoms with E-state index in [-0.39, 0.29) is 18.3 Å². The zero-order valence-electron chi connectivity index (χ0n) is 11.8. The van der Waals surface area contributed by atoms with Gasteiger partial charge in [-0.2, -0.15) is 0 Å². The Morgan fingerprint density at radius 1 is 1.55 bits per heavy atom. The van der Waals surface area contributed by atoms with Gasteiger partial charge in [0.1, 0.15) is 0 Å². The third kappa shape index (κ3) is 5.45. The van der Waals surface area contributed by atoms with Crippen LogP contribution in [0.1, 0.15) is 19.3 Å². The maximum Gasteiger partial charge on any atom is 0.225 e. The van der Waals surface area contributed by atoms with Gasteiger partial charge in [-0.25, -0.2) is 0 Å². The number of hydrogen-bond donors (Lipinski definition) is 2. The summed E-state index contributed by atoms with van der Waals surface area (Å²) in [5.41, 5.74) is 0.763. The molecule has 1 aromatic heterocycles. The molecule has 0 spiro atoms. The van der Waals surface area contributed by atoms with Gasteiger partial charge in [-0.15, -0.1) is 12.4 Å². The van der Waals surface area contributed by atoms with E-state index in [1.807, 2.05) is 19.2 Å². The highest BCUT2D eigenvalue weighted by Crippen LogP contribution is 2.10. The molecule has 1 aromatic rings. The molecule has 1 unspecified atom stereocenters. The number of halogens is 1. The van der Waals surface area contributed by atoms with Crippen molar-refractivity contribution >= 4 is 24.0 Å². The van der Waals surface area contributed by atoms with E-state index in [1.54, 1.807) is 12.4 Å². The molecule has 2 rings (SSSR count). The Balaban J connectivity index is 0.00000200. The van der Waals surface area contributed by atoms with Gasteiger partial charge in [-0.3, -0.25) is 9.78 Å². The summed E-state index contributed by atoms with van der Waals surface area (Å²) in [6.45, 7) is 2.96. The van der Waals surface area contributed by atoms with Gasteiger partial charge in [0.2, 0.25) is 5.91 Å². The first-order valence-electron chi connectivity index (χ1n) is 6.87. The normalized spacial score (nSPS) is 19.1. The quantitative estimate of drug-likeness (QED) is 0.865. The van der Waals surface area contributed by atoms with Crippen LogP contribution in [-0.4, -0.2) is 48.5 Å². The molecule has 1 aliphatic heterocycles. The molecule has 0 aromatic carbocycles. The van der Waals surface area contributed by atoms with Crippen LogP contribution in [0.4, 0.5) is 5.69 Å². The number of amides is 1. The zero-order chi connectivity index (χ0) is 13.5. The second kappa shape index (κ2) is 8.89. The average molecular weight is 299 g/mol. The molecule has 2 heterocycles. The Morgan fingerprint density at radius 2 is 2.40 bits per heavy atom. The SMILES string of the molecule is CNC1CCCN(CCC(=O)Nc2cccnc2)C1.Cl. The molecule has 2 N–H and O–H groups in total. The van der Waals surface area contributed by atoms with Crippen LogP contribution in [0.25, 0.3) is 0 Å². The number of aromatic nitrogens is 1. The molecule has 0 aliphatic carbocycles. The standard InChI is InChI=1S/C14H22N4O.ClH/c1-15-13-5-3-8-18(11-13)9-6-14(19)17-12-4-2-7-16-10-12;/h2,4,7,10,13,15H,3,5-6,8-9,11H2,1H3,(H,17,19);1H. The number of rotatable bonds is 5. The van der Waals surface area contributed by atoms with E-state index in [0.717, 1.165) is 25.3 Å². The first-order chi connectivity index (χ1) is 9.28. The molecule has 1 saturated heterocycles. The summed E-state index contributed by atoms with van der Waals surface area (Å²) in [6.07, 6.45) is 6.33. The van der Waals surface area contributed by atoms with Crippen LogP contribution in [0, 0.1) is 0 Å². The minimum atomic E-state index is 0. The highest BCUT2D eigenvalue weighted by atomic mass is 35.5. The molecular formula is C14H23ClN4O. The molecule has 1 atom stereocenters. The Morgan fingerprint density at radius 3 is 3.10 bits per heavy atom. The van der Waals surface area contributed by atoms with Gasteiger partial charge >= 0.3 is 0 Å². The van der Waals surface area contributed by atoms with Crippen molar-refractivity contribution in [1.29, 1.82) is 0 Å². The third-order valence-corrected chi connectivity index (χ3v) is 3.51. The number of nitrogens with zero attached hydrogens (tertiary/aromatic N) is 2. The lowest BCUT2D eigenvalue weighted by Gasteiger charge is -2.32. The number of pyridine rings is 1. The predicted octanol–water partition coefficient (Wildman–Crippen LogP) is 1.52. The zero-order valence-corrected chi connectivity index (χ0v) is 12.7. The van der Waals surface area contributed by atoms with Crippen molar-refractivity contribution in [2.45, 2.75) is 25.3 Å². The van der Waals surface area contributed by atoms with Crippen molar-refractivity contribution in [3.63, 3.8) is 0 Å². The van der Waals surface area contributed by atoms with E-state index in [1.165, 1.54) is 12.8 Å². The molecule has 0 radical (unpaired) electrons. The summed E-state index contributed by atoms with van der Waals surface area (Å²) in [7, 11) is 2.00. The van der Waals surface area contributed by atoms with Crippen molar-refractivity contribution in [3.05, 3.63) is 24.5 Å². The lowest BCUT2D eigenvalue weighted by Crippen LogP contribution is -2.45. The van der Waals surface area contributed by atoms with E-state index in [4.69, 9.17) is 0 Å². The topological polar surface area (TPSA) is 57.3 Å². The summed E-state index contributed by atoms with van der Waals surface area (Å²) in [5.74, 6) is 0.0552. The molecule has 1 fully saturated rings. The third-order valence-electron chi connectivity index (χ3n) is 3.51. The van der Waals surface area contributed by atoms with Crippen LogP contribution in [-0.2, 0) is 4.79 Å². The number of carbonyl (C=O) groups is 1. The summed E-state index contributed by atoms with van der Waals surface area (Å²) in [4.78, 5) is 18.2. The number of anilines is 1. The monoisotopic (exact) mass is 298 g/mol.